The molecular formula is C15H15N3O3S. The lowest BCUT2D eigenvalue weighted by atomic mass is 9.90. The Morgan fingerprint density at radius 3 is 3.14 bits per heavy atom. The Labute approximate surface area is 129 Å². The van der Waals surface area contributed by atoms with Crippen molar-refractivity contribution in [3.05, 3.63) is 40.1 Å². The molecule has 0 radical (unpaired) electrons. The van der Waals surface area contributed by atoms with Gasteiger partial charge >= 0.3 is 0 Å². The van der Waals surface area contributed by atoms with Gasteiger partial charge in [0.2, 0.25) is 0 Å². The lowest BCUT2D eigenvalue weighted by Gasteiger charge is -2.33. The van der Waals surface area contributed by atoms with E-state index in [9.17, 15) is 9.90 Å². The van der Waals surface area contributed by atoms with Gasteiger partial charge in [-0.2, -0.15) is 5.10 Å². The first-order valence-electron chi connectivity index (χ1n) is 7.11. The molecule has 0 amide bonds. The third kappa shape index (κ3) is 1.86. The van der Waals surface area contributed by atoms with Crippen LogP contribution in [0.2, 0.25) is 0 Å². The highest BCUT2D eigenvalue weighted by molar-refractivity contribution is 7.22. The van der Waals surface area contributed by atoms with Crippen LogP contribution in [0.15, 0.2) is 23.3 Å². The molecule has 0 fully saturated rings. The molecule has 0 aliphatic carbocycles. The normalized spacial score (nSPS) is 21.2. The predicted molar refractivity (Wildman–Crippen MR) is 83.9 cm³/mol. The molecule has 3 aromatic heterocycles. The molecule has 0 saturated carbocycles. The van der Waals surface area contributed by atoms with Crippen LogP contribution in [-0.2, 0) is 16.9 Å². The van der Waals surface area contributed by atoms with Crippen molar-refractivity contribution >= 4 is 21.4 Å². The summed E-state index contributed by atoms with van der Waals surface area (Å²) in [5.74, 6) is 0. The Hall–Kier alpha value is -1.96. The van der Waals surface area contributed by atoms with Crippen molar-refractivity contribution in [3.8, 4) is 10.4 Å². The van der Waals surface area contributed by atoms with E-state index in [-0.39, 0.29) is 12.2 Å². The van der Waals surface area contributed by atoms with Crippen LogP contribution in [0.5, 0.6) is 0 Å². The molecular weight excluding hydrogens is 302 g/mol. The van der Waals surface area contributed by atoms with Crippen LogP contribution >= 0.6 is 11.3 Å². The Kier molecular flexibility index (Phi) is 2.97. The number of aliphatic hydroxyl groups is 1. The minimum atomic E-state index is -1.13. The fourth-order valence-corrected chi connectivity index (χ4v) is 3.97. The molecule has 0 aromatic carbocycles. The van der Waals surface area contributed by atoms with Gasteiger partial charge in [-0.05, 0) is 12.5 Å². The molecule has 0 spiro atoms. The zero-order valence-corrected chi connectivity index (χ0v) is 12.8. The van der Waals surface area contributed by atoms with E-state index in [2.05, 4.69) is 15.2 Å². The first-order chi connectivity index (χ1) is 10.6. The van der Waals surface area contributed by atoms with Gasteiger partial charge in [0.15, 0.2) is 0 Å². The van der Waals surface area contributed by atoms with E-state index in [1.54, 1.807) is 12.4 Å². The summed E-state index contributed by atoms with van der Waals surface area (Å²) in [6.07, 6.45) is 4.01. The predicted octanol–water partition coefficient (Wildman–Crippen LogP) is 2.11. The number of rotatable bonds is 2. The number of nitrogens with one attached hydrogen (secondary N) is 2. The first-order valence-corrected chi connectivity index (χ1v) is 7.92. The number of fused-ring (bicyclic) bond motifs is 3. The molecule has 4 heterocycles. The highest BCUT2D eigenvalue weighted by Crippen LogP contribution is 2.38. The second-order valence-electron chi connectivity index (χ2n) is 5.53. The van der Waals surface area contributed by atoms with E-state index in [1.807, 2.05) is 13.0 Å². The number of nitrogens with zero attached hydrogens (tertiary/aromatic N) is 1. The zero-order valence-electron chi connectivity index (χ0n) is 12.0. The number of hydrogen-bond acceptors (Lipinski definition) is 5. The number of aromatic nitrogens is 3. The van der Waals surface area contributed by atoms with Gasteiger partial charge in [-0.1, -0.05) is 6.92 Å². The molecule has 7 heteroatoms. The van der Waals surface area contributed by atoms with E-state index in [0.29, 0.717) is 23.4 Å². The van der Waals surface area contributed by atoms with Crippen LogP contribution in [0.3, 0.4) is 0 Å². The average molecular weight is 317 g/mol. The molecule has 1 atom stereocenters. The highest BCUT2D eigenvalue weighted by Gasteiger charge is 2.36. The number of aromatic amines is 2. The molecule has 6 nitrogen and oxygen atoms in total. The van der Waals surface area contributed by atoms with Gasteiger partial charge in [-0.15, -0.1) is 11.3 Å². The number of H-pyrrole nitrogens is 2. The van der Waals surface area contributed by atoms with Crippen LogP contribution in [-0.4, -0.2) is 26.9 Å². The third-order valence-corrected chi connectivity index (χ3v) is 5.41. The van der Waals surface area contributed by atoms with Gasteiger partial charge in [-0.25, -0.2) is 0 Å². The van der Waals surface area contributed by atoms with Crippen LogP contribution in [0.4, 0.5) is 0 Å². The minimum absolute atomic E-state index is 0.165. The summed E-state index contributed by atoms with van der Waals surface area (Å²) in [6, 6.07) is 1.98. The standard InChI is InChI=1S/C15H15N3O3S/c1-2-15(20)7-21-6-10-9-3-11(8-4-16-17-5-8)22-12(9)14(19)18-13(10)15/h3-5,20H,2,6-7H2,1H3,(H,16,17)(H,18,19). The molecule has 114 valence electrons. The van der Waals surface area contributed by atoms with Gasteiger partial charge in [0.05, 0.1) is 25.1 Å². The molecule has 3 N–H and O–H groups in total. The first kappa shape index (κ1) is 13.7. The van der Waals surface area contributed by atoms with Gasteiger partial charge in [0, 0.05) is 27.6 Å². The fraction of sp³-hybridized carbons (Fsp3) is 0.333. The van der Waals surface area contributed by atoms with Crippen LogP contribution in [0.25, 0.3) is 20.5 Å². The van der Waals surface area contributed by atoms with Gasteiger partial charge in [0.25, 0.3) is 5.56 Å². The molecule has 3 aromatic rings. The average Bonchev–Trinajstić information content (AvgIpc) is 3.17. The maximum absolute atomic E-state index is 12.4. The monoisotopic (exact) mass is 317 g/mol. The smallest absolute Gasteiger partial charge is 0.266 e. The molecule has 0 bridgehead atoms. The molecule has 1 aliphatic heterocycles. The summed E-state index contributed by atoms with van der Waals surface area (Å²) < 4.78 is 6.22. The van der Waals surface area contributed by atoms with Gasteiger partial charge in [-0.3, -0.25) is 9.89 Å². The second-order valence-corrected chi connectivity index (χ2v) is 6.58. The van der Waals surface area contributed by atoms with E-state index < -0.39 is 5.60 Å². The van der Waals surface area contributed by atoms with Crippen LogP contribution in [0.1, 0.15) is 24.6 Å². The molecule has 1 aliphatic rings. The number of pyridine rings is 1. The van der Waals surface area contributed by atoms with Crippen molar-refractivity contribution in [2.75, 3.05) is 6.61 Å². The Morgan fingerprint density at radius 2 is 2.41 bits per heavy atom. The Bertz CT molecular complexity index is 897. The summed E-state index contributed by atoms with van der Waals surface area (Å²) >= 11 is 1.42. The summed E-state index contributed by atoms with van der Waals surface area (Å²) in [6.45, 7) is 2.48. The summed E-state index contributed by atoms with van der Waals surface area (Å²) in [4.78, 5) is 16.3. The Morgan fingerprint density at radius 1 is 1.55 bits per heavy atom. The molecule has 22 heavy (non-hydrogen) atoms. The summed E-state index contributed by atoms with van der Waals surface area (Å²) in [5, 5.41) is 18.3. The lowest BCUT2D eigenvalue weighted by molar-refractivity contribution is -0.0778. The maximum Gasteiger partial charge on any atom is 0.266 e. The topological polar surface area (TPSA) is 91.0 Å². The minimum Gasteiger partial charge on any atom is -0.381 e. The number of thiophene rings is 1. The number of hydrogen-bond donors (Lipinski definition) is 3. The van der Waals surface area contributed by atoms with Gasteiger partial charge < -0.3 is 14.8 Å². The van der Waals surface area contributed by atoms with Crippen molar-refractivity contribution in [2.45, 2.75) is 25.6 Å². The van der Waals surface area contributed by atoms with Crippen molar-refractivity contribution in [3.63, 3.8) is 0 Å². The van der Waals surface area contributed by atoms with E-state index >= 15 is 0 Å². The SMILES string of the molecule is CCC1(O)COCc2c1[nH]c(=O)c1sc(-c3cn[nH]c3)cc21. The molecule has 0 saturated heterocycles. The maximum atomic E-state index is 12.4. The van der Waals surface area contributed by atoms with Crippen molar-refractivity contribution < 1.29 is 9.84 Å². The van der Waals surface area contributed by atoms with Gasteiger partial charge in [0.1, 0.15) is 10.3 Å². The highest BCUT2D eigenvalue weighted by atomic mass is 32.1. The number of ether oxygens (including phenoxy) is 1. The third-order valence-electron chi connectivity index (χ3n) is 4.22. The van der Waals surface area contributed by atoms with E-state index in [1.165, 1.54) is 11.3 Å². The van der Waals surface area contributed by atoms with Crippen LogP contribution < -0.4 is 5.56 Å². The second kappa shape index (κ2) is 4.77. The fourth-order valence-electron chi connectivity index (χ4n) is 2.91. The van der Waals surface area contributed by atoms with Crippen LogP contribution in [0, 0.1) is 0 Å². The van der Waals surface area contributed by atoms with E-state index in [4.69, 9.17) is 4.74 Å². The van der Waals surface area contributed by atoms with Crippen molar-refractivity contribution in [1.82, 2.24) is 15.2 Å². The quantitative estimate of drug-likeness (QED) is 0.675. The summed E-state index contributed by atoms with van der Waals surface area (Å²) in [7, 11) is 0. The zero-order chi connectivity index (χ0) is 15.3. The van der Waals surface area contributed by atoms with Crippen molar-refractivity contribution in [1.29, 1.82) is 0 Å². The van der Waals surface area contributed by atoms with Crippen molar-refractivity contribution in [2.24, 2.45) is 0 Å². The largest absolute Gasteiger partial charge is 0.381 e. The summed E-state index contributed by atoms with van der Waals surface area (Å²) in [5.41, 5.74) is 1.11. The lowest BCUT2D eigenvalue weighted by Crippen LogP contribution is -2.38. The Balaban J connectivity index is 2.01. The van der Waals surface area contributed by atoms with E-state index in [0.717, 1.165) is 21.4 Å². The molecule has 1 unspecified atom stereocenters. The molecule has 4 rings (SSSR count).